The number of rotatable bonds is 5. The van der Waals surface area contributed by atoms with E-state index < -0.39 is 5.54 Å². The summed E-state index contributed by atoms with van der Waals surface area (Å²) in [5.74, 6) is 0.529. The molecule has 1 unspecified atom stereocenters. The summed E-state index contributed by atoms with van der Waals surface area (Å²) in [4.78, 5) is 12.0. The van der Waals surface area contributed by atoms with E-state index in [4.69, 9.17) is 10.3 Å². The molecule has 0 aliphatic carbocycles. The maximum absolute atomic E-state index is 12.0. The summed E-state index contributed by atoms with van der Waals surface area (Å²) in [5, 5.41) is 6.71. The average Bonchev–Trinajstić information content (AvgIpc) is 2.70. The van der Waals surface area contributed by atoms with Crippen molar-refractivity contribution in [2.24, 2.45) is 5.73 Å². The van der Waals surface area contributed by atoms with E-state index in [0.29, 0.717) is 12.2 Å². The summed E-state index contributed by atoms with van der Waals surface area (Å²) < 4.78 is 5.11. The fraction of sp³-hybridized carbons (Fsp3) is 0.667. The predicted molar refractivity (Wildman–Crippen MR) is 65.8 cm³/mol. The highest BCUT2D eigenvalue weighted by Gasteiger charge is 2.26. The zero-order valence-corrected chi connectivity index (χ0v) is 11.0. The van der Waals surface area contributed by atoms with Gasteiger partial charge in [0.25, 0.3) is 5.91 Å². The molecule has 0 spiro atoms. The van der Waals surface area contributed by atoms with Gasteiger partial charge in [0.1, 0.15) is 5.76 Å². The molecule has 17 heavy (non-hydrogen) atoms. The van der Waals surface area contributed by atoms with Crippen molar-refractivity contribution in [3.05, 3.63) is 17.0 Å². The number of nitrogens with two attached hydrogens (primary N) is 1. The van der Waals surface area contributed by atoms with Crippen molar-refractivity contribution in [3.8, 4) is 0 Å². The van der Waals surface area contributed by atoms with E-state index in [0.717, 1.165) is 24.2 Å². The quantitative estimate of drug-likeness (QED) is 0.813. The highest BCUT2D eigenvalue weighted by atomic mass is 16.5. The van der Waals surface area contributed by atoms with Crippen LogP contribution in [0.25, 0.3) is 0 Å². The molecule has 0 aromatic carbocycles. The molecule has 5 nitrogen and oxygen atoms in total. The van der Waals surface area contributed by atoms with E-state index >= 15 is 0 Å². The van der Waals surface area contributed by atoms with Gasteiger partial charge in [-0.2, -0.15) is 0 Å². The fourth-order valence-electron chi connectivity index (χ4n) is 1.53. The van der Waals surface area contributed by atoms with Crippen LogP contribution in [0.5, 0.6) is 0 Å². The van der Waals surface area contributed by atoms with Crippen molar-refractivity contribution in [1.82, 2.24) is 10.5 Å². The normalized spacial score (nSPS) is 14.4. The van der Waals surface area contributed by atoms with Gasteiger partial charge in [0.15, 0.2) is 5.69 Å². The SMILES string of the molecule is CCc1onc(C(=O)NC(C)(CC)CN)c1C. The zero-order chi connectivity index (χ0) is 13.1. The van der Waals surface area contributed by atoms with E-state index in [1.807, 2.05) is 27.7 Å². The van der Waals surface area contributed by atoms with Gasteiger partial charge in [-0.1, -0.05) is 19.0 Å². The first-order chi connectivity index (χ1) is 7.97. The number of aryl methyl sites for hydroxylation is 1. The molecule has 96 valence electrons. The zero-order valence-electron chi connectivity index (χ0n) is 11.0. The second-order valence-corrected chi connectivity index (χ2v) is 4.51. The van der Waals surface area contributed by atoms with Crippen molar-refractivity contribution >= 4 is 5.91 Å². The number of amides is 1. The van der Waals surface area contributed by atoms with E-state index in [-0.39, 0.29) is 5.91 Å². The van der Waals surface area contributed by atoms with Crippen molar-refractivity contribution in [3.63, 3.8) is 0 Å². The molecular formula is C12H21N3O2. The summed E-state index contributed by atoms with van der Waals surface area (Å²) in [6.45, 7) is 8.11. The van der Waals surface area contributed by atoms with Gasteiger partial charge in [0.05, 0.1) is 0 Å². The highest BCUT2D eigenvalue weighted by molar-refractivity contribution is 5.94. The maximum Gasteiger partial charge on any atom is 0.274 e. The molecule has 0 fully saturated rings. The Kier molecular flexibility index (Phi) is 4.28. The van der Waals surface area contributed by atoms with Crippen LogP contribution in [-0.4, -0.2) is 23.1 Å². The van der Waals surface area contributed by atoms with Gasteiger partial charge in [0.2, 0.25) is 0 Å². The van der Waals surface area contributed by atoms with Crippen LogP contribution in [0.3, 0.4) is 0 Å². The molecule has 3 N–H and O–H groups in total. The molecule has 5 heteroatoms. The fourth-order valence-corrected chi connectivity index (χ4v) is 1.53. The molecule has 0 aliphatic heterocycles. The molecule has 0 radical (unpaired) electrons. The molecule has 1 amide bonds. The number of aromatic nitrogens is 1. The minimum Gasteiger partial charge on any atom is -0.360 e. The lowest BCUT2D eigenvalue weighted by atomic mass is 9.99. The Balaban J connectivity index is 2.86. The van der Waals surface area contributed by atoms with Crippen LogP contribution >= 0.6 is 0 Å². The Bertz CT molecular complexity index is 394. The first-order valence-corrected chi connectivity index (χ1v) is 5.95. The topological polar surface area (TPSA) is 81.2 Å². The largest absolute Gasteiger partial charge is 0.360 e. The van der Waals surface area contributed by atoms with Crippen LogP contribution < -0.4 is 11.1 Å². The third-order valence-electron chi connectivity index (χ3n) is 3.20. The molecule has 0 saturated carbocycles. The number of nitrogens with one attached hydrogen (secondary N) is 1. The lowest BCUT2D eigenvalue weighted by Gasteiger charge is -2.27. The second-order valence-electron chi connectivity index (χ2n) is 4.51. The molecule has 1 heterocycles. The number of hydrogen-bond donors (Lipinski definition) is 2. The van der Waals surface area contributed by atoms with Gasteiger partial charge in [-0.25, -0.2) is 0 Å². The summed E-state index contributed by atoms with van der Waals surface area (Å²) in [5.41, 5.74) is 6.42. The lowest BCUT2D eigenvalue weighted by Crippen LogP contribution is -2.51. The first-order valence-electron chi connectivity index (χ1n) is 5.95. The van der Waals surface area contributed by atoms with Gasteiger partial charge >= 0.3 is 0 Å². The molecule has 1 rings (SSSR count). The minimum absolute atomic E-state index is 0.222. The van der Waals surface area contributed by atoms with Gasteiger partial charge in [-0.15, -0.1) is 0 Å². The molecule has 0 saturated heterocycles. The number of nitrogens with zero attached hydrogens (tertiary/aromatic N) is 1. The average molecular weight is 239 g/mol. The Morgan fingerprint density at radius 3 is 2.59 bits per heavy atom. The van der Waals surface area contributed by atoms with Gasteiger partial charge < -0.3 is 15.6 Å². The van der Waals surface area contributed by atoms with Crippen LogP contribution in [0.15, 0.2) is 4.52 Å². The number of carbonyl (C=O) groups is 1. The third-order valence-corrected chi connectivity index (χ3v) is 3.20. The molecule has 0 aliphatic rings. The molecule has 0 bridgehead atoms. The summed E-state index contributed by atoms with van der Waals surface area (Å²) in [6.07, 6.45) is 1.50. The van der Waals surface area contributed by atoms with Crippen LogP contribution in [-0.2, 0) is 6.42 Å². The summed E-state index contributed by atoms with van der Waals surface area (Å²) in [7, 11) is 0. The molecule has 1 aromatic rings. The first kappa shape index (κ1) is 13.7. The summed E-state index contributed by atoms with van der Waals surface area (Å²) in [6, 6.07) is 0. The smallest absolute Gasteiger partial charge is 0.274 e. The minimum atomic E-state index is -0.394. The van der Waals surface area contributed by atoms with E-state index in [9.17, 15) is 4.79 Å². The Labute approximate surface area is 102 Å². The van der Waals surface area contributed by atoms with Crippen molar-refractivity contribution in [2.75, 3.05) is 6.54 Å². The monoisotopic (exact) mass is 239 g/mol. The molecule has 1 aromatic heterocycles. The van der Waals surface area contributed by atoms with E-state index in [1.165, 1.54) is 0 Å². The van der Waals surface area contributed by atoms with Crippen molar-refractivity contribution < 1.29 is 9.32 Å². The predicted octanol–water partition coefficient (Wildman–Crippen LogP) is 1.40. The number of hydrogen-bond acceptors (Lipinski definition) is 4. The lowest BCUT2D eigenvalue weighted by molar-refractivity contribution is 0.0896. The van der Waals surface area contributed by atoms with Gasteiger partial charge in [0, 0.05) is 24.1 Å². The second kappa shape index (κ2) is 5.31. The van der Waals surface area contributed by atoms with Crippen LogP contribution in [0.1, 0.15) is 49.0 Å². The number of carbonyl (C=O) groups excluding carboxylic acids is 1. The van der Waals surface area contributed by atoms with Crippen molar-refractivity contribution in [2.45, 2.75) is 46.1 Å². The van der Waals surface area contributed by atoms with E-state index in [2.05, 4.69) is 10.5 Å². The standard InChI is InChI=1S/C12H21N3O2/c1-5-9-8(3)10(15-17-9)11(16)14-12(4,6-2)7-13/h5-7,13H2,1-4H3,(H,14,16). The molecule has 1 atom stereocenters. The van der Waals surface area contributed by atoms with Gasteiger partial charge in [-0.05, 0) is 20.3 Å². The van der Waals surface area contributed by atoms with Gasteiger partial charge in [-0.3, -0.25) is 4.79 Å². The Hall–Kier alpha value is -1.36. The maximum atomic E-state index is 12.0. The Morgan fingerprint density at radius 2 is 2.18 bits per heavy atom. The molecular weight excluding hydrogens is 218 g/mol. The van der Waals surface area contributed by atoms with Crippen LogP contribution in [0, 0.1) is 6.92 Å². The third kappa shape index (κ3) is 2.85. The highest BCUT2D eigenvalue weighted by Crippen LogP contribution is 2.15. The van der Waals surface area contributed by atoms with Crippen LogP contribution in [0.4, 0.5) is 0 Å². The summed E-state index contributed by atoms with van der Waals surface area (Å²) >= 11 is 0. The van der Waals surface area contributed by atoms with Crippen LogP contribution in [0.2, 0.25) is 0 Å². The van der Waals surface area contributed by atoms with Crippen molar-refractivity contribution in [1.29, 1.82) is 0 Å². The van der Waals surface area contributed by atoms with E-state index in [1.54, 1.807) is 0 Å². The Morgan fingerprint density at radius 1 is 1.53 bits per heavy atom.